The molecule has 31 heavy (non-hydrogen) atoms. The molecule has 1 heterocycles. The van der Waals surface area contributed by atoms with Gasteiger partial charge >= 0.3 is 6.18 Å². The van der Waals surface area contributed by atoms with Crippen LogP contribution in [0.25, 0.3) is 11.3 Å². The van der Waals surface area contributed by atoms with Gasteiger partial charge in [0.05, 0.1) is 18.4 Å². The SMILES string of the molecule is COc1ccc(Nc2cc(-c3ccccc3)nc(NCCN(C)C)n2)cc1C(F)(F)F. The number of ether oxygens (including phenoxy) is 1. The summed E-state index contributed by atoms with van der Waals surface area (Å²) in [6.07, 6.45) is -4.54. The third-order valence-electron chi connectivity index (χ3n) is 4.42. The summed E-state index contributed by atoms with van der Waals surface area (Å²) < 4.78 is 44.9. The van der Waals surface area contributed by atoms with Crippen LogP contribution in [0.1, 0.15) is 5.56 Å². The zero-order valence-corrected chi connectivity index (χ0v) is 17.5. The highest BCUT2D eigenvalue weighted by molar-refractivity contribution is 5.68. The number of anilines is 3. The molecule has 0 saturated carbocycles. The van der Waals surface area contributed by atoms with E-state index in [0.717, 1.165) is 18.2 Å². The Balaban J connectivity index is 1.94. The molecule has 164 valence electrons. The Morgan fingerprint density at radius 3 is 2.39 bits per heavy atom. The van der Waals surface area contributed by atoms with Crippen molar-refractivity contribution in [3.05, 3.63) is 60.2 Å². The van der Waals surface area contributed by atoms with E-state index in [1.807, 2.05) is 49.3 Å². The van der Waals surface area contributed by atoms with Gasteiger partial charge in [-0.2, -0.15) is 18.2 Å². The van der Waals surface area contributed by atoms with E-state index in [1.165, 1.54) is 19.2 Å². The van der Waals surface area contributed by atoms with Gasteiger partial charge in [0.2, 0.25) is 5.95 Å². The van der Waals surface area contributed by atoms with Crippen LogP contribution >= 0.6 is 0 Å². The van der Waals surface area contributed by atoms with E-state index in [0.29, 0.717) is 24.0 Å². The number of aromatic nitrogens is 2. The first-order chi connectivity index (χ1) is 14.8. The highest BCUT2D eigenvalue weighted by Crippen LogP contribution is 2.38. The first-order valence-electron chi connectivity index (χ1n) is 9.61. The monoisotopic (exact) mass is 431 g/mol. The predicted octanol–water partition coefficient (Wildman–Crippen LogP) is 4.89. The average molecular weight is 431 g/mol. The molecule has 0 unspecified atom stereocenters. The lowest BCUT2D eigenvalue weighted by Gasteiger charge is -2.15. The maximum absolute atomic E-state index is 13.4. The molecule has 0 saturated heterocycles. The largest absolute Gasteiger partial charge is 0.496 e. The molecular formula is C22H24F3N5O. The lowest BCUT2D eigenvalue weighted by Crippen LogP contribution is -2.21. The maximum atomic E-state index is 13.4. The predicted molar refractivity (Wildman–Crippen MR) is 116 cm³/mol. The molecule has 0 aliphatic heterocycles. The van der Waals surface area contributed by atoms with Gasteiger partial charge < -0.3 is 20.3 Å². The number of nitrogens with one attached hydrogen (secondary N) is 2. The molecule has 0 bridgehead atoms. The van der Waals surface area contributed by atoms with Gasteiger partial charge in [-0.3, -0.25) is 0 Å². The topological polar surface area (TPSA) is 62.3 Å². The first-order valence-corrected chi connectivity index (χ1v) is 9.61. The number of nitrogens with zero attached hydrogens (tertiary/aromatic N) is 3. The van der Waals surface area contributed by atoms with E-state index in [2.05, 4.69) is 20.6 Å². The molecule has 2 N–H and O–H groups in total. The third-order valence-corrected chi connectivity index (χ3v) is 4.42. The third kappa shape index (κ3) is 6.08. The van der Waals surface area contributed by atoms with E-state index < -0.39 is 11.7 Å². The zero-order chi connectivity index (χ0) is 22.4. The maximum Gasteiger partial charge on any atom is 0.420 e. The average Bonchev–Trinajstić information content (AvgIpc) is 2.73. The van der Waals surface area contributed by atoms with Crippen molar-refractivity contribution in [1.82, 2.24) is 14.9 Å². The molecule has 0 fully saturated rings. The standard InChI is InChI=1S/C22H24F3N5O/c1-30(2)12-11-26-21-28-18(15-7-5-4-6-8-15)14-20(29-21)27-16-9-10-19(31-3)17(13-16)22(23,24)25/h4-10,13-14H,11-12H2,1-3H3,(H2,26,27,28,29). The zero-order valence-electron chi connectivity index (χ0n) is 17.5. The van der Waals surface area contributed by atoms with E-state index in [9.17, 15) is 13.2 Å². The van der Waals surface area contributed by atoms with Crippen LogP contribution < -0.4 is 15.4 Å². The summed E-state index contributed by atoms with van der Waals surface area (Å²) in [6.45, 7) is 1.39. The van der Waals surface area contributed by atoms with Crippen molar-refractivity contribution in [1.29, 1.82) is 0 Å². The number of hydrogen-bond acceptors (Lipinski definition) is 6. The van der Waals surface area contributed by atoms with Gasteiger partial charge in [0, 0.05) is 30.4 Å². The fourth-order valence-corrected chi connectivity index (χ4v) is 2.89. The molecule has 0 atom stereocenters. The van der Waals surface area contributed by atoms with Crippen molar-refractivity contribution < 1.29 is 17.9 Å². The van der Waals surface area contributed by atoms with Gasteiger partial charge in [-0.1, -0.05) is 30.3 Å². The Bertz CT molecular complexity index is 1010. The number of benzene rings is 2. The molecular weight excluding hydrogens is 407 g/mol. The summed E-state index contributed by atoms with van der Waals surface area (Å²) in [7, 11) is 5.12. The number of alkyl halides is 3. The summed E-state index contributed by atoms with van der Waals surface area (Å²) in [4.78, 5) is 11.0. The van der Waals surface area contributed by atoms with Crippen LogP contribution in [-0.4, -0.2) is 49.2 Å². The van der Waals surface area contributed by atoms with Crippen LogP contribution in [0.3, 0.4) is 0 Å². The second-order valence-electron chi connectivity index (χ2n) is 7.10. The lowest BCUT2D eigenvalue weighted by atomic mass is 10.1. The Hall–Kier alpha value is -3.33. The fourth-order valence-electron chi connectivity index (χ4n) is 2.89. The van der Waals surface area contributed by atoms with Crippen molar-refractivity contribution >= 4 is 17.5 Å². The van der Waals surface area contributed by atoms with Crippen LogP contribution in [0.4, 0.5) is 30.6 Å². The van der Waals surface area contributed by atoms with Crippen molar-refractivity contribution in [3.8, 4) is 17.0 Å². The summed E-state index contributed by atoms with van der Waals surface area (Å²) >= 11 is 0. The summed E-state index contributed by atoms with van der Waals surface area (Å²) in [5.74, 6) is 0.520. The highest BCUT2D eigenvalue weighted by atomic mass is 19.4. The Labute approximate surface area is 179 Å². The number of hydrogen-bond donors (Lipinski definition) is 2. The smallest absolute Gasteiger partial charge is 0.420 e. The van der Waals surface area contributed by atoms with Gasteiger partial charge in [-0.25, -0.2) is 4.98 Å². The van der Waals surface area contributed by atoms with Crippen LogP contribution in [-0.2, 0) is 6.18 Å². The normalized spacial score (nSPS) is 11.5. The Morgan fingerprint density at radius 1 is 1.00 bits per heavy atom. The van der Waals surface area contributed by atoms with Crippen LogP contribution in [0, 0.1) is 0 Å². The van der Waals surface area contributed by atoms with E-state index in [-0.39, 0.29) is 11.4 Å². The van der Waals surface area contributed by atoms with Gasteiger partial charge in [-0.05, 0) is 32.3 Å². The molecule has 0 aliphatic rings. The fraction of sp³-hybridized carbons (Fsp3) is 0.273. The molecule has 0 aliphatic carbocycles. The van der Waals surface area contributed by atoms with E-state index in [1.54, 1.807) is 6.07 Å². The molecule has 0 amide bonds. The molecule has 3 aromatic rings. The molecule has 9 heteroatoms. The molecule has 6 nitrogen and oxygen atoms in total. The number of methoxy groups -OCH3 is 1. The first kappa shape index (κ1) is 22.4. The second kappa shape index (κ2) is 9.65. The molecule has 0 radical (unpaired) electrons. The van der Waals surface area contributed by atoms with Crippen LogP contribution in [0.15, 0.2) is 54.6 Å². The Kier molecular flexibility index (Phi) is 6.96. The number of likely N-dealkylation sites (N-methyl/N-ethyl adjacent to an activating group) is 1. The molecule has 2 aromatic carbocycles. The number of rotatable bonds is 8. The summed E-state index contributed by atoms with van der Waals surface area (Å²) in [5.41, 5.74) is 0.899. The minimum absolute atomic E-state index is 0.239. The molecule has 0 spiro atoms. The quantitative estimate of drug-likeness (QED) is 0.530. The van der Waals surface area contributed by atoms with Gasteiger partial charge in [0.1, 0.15) is 11.6 Å². The van der Waals surface area contributed by atoms with Crippen molar-refractivity contribution in [2.45, 2.75) is 6.18 Å². The van der Waals surface area contributed by atoms with E-state index >= 15 is 0 Å². The van der Waals surface area contributed by atoms with Gasteiger partial charge in [0.25, 0.3) is 0 Å². The number of halogens is 3. The summed E-state index contributed by atoms with van der Waals surface area (Å²) in [6, 6.07) is 15.0. The van der Waals surface area contributed by atoms with Crippen molar-refractivity contribution in [2.75, 3.05) is 44.9 Å². The summed E-state index contributed by atoms with van der Waals surface area (Å²) in [5, 5.41) is 6.12. The van der Waals surface area contributed by atoms with E-state index in [4.69, 9.17) is 4.74 Å². The lowest BCUT2D eigenvalue weighted by molar-refractivity contribution is -0.138. The van der Waals surface area contributed by atoms with Crippen molar-refractivity contribution in [2.24, 2.45) is 0 Å². The van der Waals surface area contributed by atoms with Gasteiger partial charge in [-0.15, -0.1) is 0 Å². The van der Waals surface area contributed by atoms with Gasteiger partial charge in [0.15, 0.2) is 0 Å². The minimum Gasteiger partial charge on any atom is -0.496 e. The molecule has 3 rings (SSSR count). The van der Waals surface area contributed by atoms with Crippen molar-refractivity contribution in [3.63, 3.8) is 0 Å². The minimum atomic E-state index is -4.54. The van der Waals surface area contributed by atoms with Crippen LogP contribution in [0.2, 0.25) is 0 Å². The Morgan fingerprint density at radius 2 is 1.74 bits per heavy atom. The highest BCUT2D eigenvalue weighted by Gasteiger charge is 2.34. The second-order valence-corrected chi connectivity index (χ2v) is 7.10. The molecule has 1 aromatic heterocycles. The van der Waals surface area contributed by atoms with Crippen LogP contribution in [0.5, 0.6) is 5.75 Å².